The van der Waals surface area contributed by atoms with E-state index in [4.69, 9.17) is 10.9 Å². The van der Waals surface area contributed by atoms with Crippen molar-refractivity contribution in [3.05, 3.63) is 30.6 Å². The summed E-state index contributed by atoms with van der Waals surface area (Å²) in [6.45, 7) is 0. The molecule has 2 aromatic heterocycles. The number of hydrogen-bond acceptors (Lipinski definition) is 9. The van der Waals surface area contributed by atoms with Gasteiger partial charge in [-0.1, -0.05) is 32.1 Å². The van der Waals surface area contributed by atoms with Gasteiger partial charge in [0.1, 0.15) is 5.52 Å². The Kier molecular flexibility index (Phi) is 8.97. The molecule has 1 aliphatic carbocycles. The maximum Gasteiger partial charge on any atom is 0.324 e. The summed E-state index contributed by atoms with van der Waals surface area (Å²) in [5.41, 5.74) is 2.44. The number of thioether (sulfide) groups is 1. The number of unbranched alkanes of at least 4 members (excludes halogenated alkanes) is 3. The predicted octanol–water partition coefficient (Wildman–Crippen LogP) is 5.30. The lowest BCUT2D eigenvalue weighted by atomic mass is 9.95. The molecule has 2 heterocycles. The summed E-state index contributed by atoms with van der Waals surface area (Å²) in [6.07, 6.45) is 12.3. The fourth-order valence-corrected chi connectivity index (χ4v) is 5.08. The number of nitrogens with two attached hydrogens (primary N) is 1. The second kappa shape index (κ2) is 12.6. The van der Waals surface area contributed by atoms with Crippen molar-refractivity contribution in [3.8, 4) is 0 Å². The van der Waals surface area contributed by atoms with Gasteiger partial charge in [0.05, 0.1) is 6.33 Å². The maximum absolute atomic E-state index is 11.0. The van der Waals surface area contributed by atoms with Crippen LogP contribution in [0.25, 0.3) is 11.2 Å². The molecule has 1 aromatic carbocycles. The zero-order chi connectivity index (χ0) is 23.6. The molecular formula is C24H33N7O2S. The Bertz CT molecular complexity index is 1050. The highest BCUT2D eigenvalue weighted by Gasteiger charge is 2.17. The first-order valence-electron chi connectivity index (χ1n) is 12.1. The number of carbonyl (C=O) groups excluding carboxylic acids is 1. The molecule has 0 bridgehead atoms. The summed E-state index contributed by atoms with van der Waals surface area (Å²) >= 11 is 1.83. The van der Waals surface area contributed by atoms with Crippen LogP contribution in [0.15, 0.2) is 35.5 Å². The predicted molar refractivity (Wildman–Crippen MR) is 136 cm³/mol. The zero-order valence-corrected chi connectivity index (χ0v) is 20.2. The Hall–Kier alpha value is -2.85. The number of nitrogens with zero attached hydrogens (tertiary/aromatic N) is 3. The number of aromatic amines is 1. The van der Waals surface area contributed by atoms with Crippen molar-refractivity contribution in [1.29, 1.82) is 0 Å². The number of benzene rings is 1. The number of aromatic nitrogens is 4. The molecule has 0 spiro atoms. The normalized spacial score (nSPS) is 14.3. The Labute approximate surface area is 204 Å². The molecule has 10 heteroatoms. The molecule has 0 radical (unpaired) electrons. The largest absolute Gasteiger partial charge is 0.373 e. The molecule has 0 amide bonds. The van der Waals surface area contributed by atoms with E-state index in [0.29, 0.717) is 24.1 Å². The number of hydrogen-bond donors (Lipinski definition) is 4. The second-order valence-corrected chi connectivity index (χ2v) is 9.80. The number of carbonyl (C=O) groups is 1. The lowest BCUT2D eigenvalue weighted by Crippen LogP contribution is -2.23. The molecule has 3 aromatic rings. The standard InChI is InChI=1S/C24H33N7O2S/c25-33-20(32)10-6-1-2-7-15-34-19-13-11-18(12-14-19)29-24-30-22-21(26-16-27-22)23(31-24)28-17-8-4-3-5-9-17/h11-14,16-17H,1-10,15,25H2,(H3,26,27,28,29,30,31). The molecule has 182 valence electrons. The van der Waals surface area contributed by atoms with Crippen molar-refractivity contribution in [3.63, 3.8) is 0 Å². The number of nitrogens with one attached hydrogen (secondary N) is 3. The van der Waals surface area contributed by atoms with Gasteiger partial charge in [-0.3, -0.25) is 4.79 Å². The van der Waals surface area contributed by atoms with Gasteiger partial charge in [-0.15, -0.1) is 11.8 Å². The van der Waals surface area contributed by atoms with Crippen molar-refractivity contribution in [2.24, 2.45) is 5.90 Å². The van der Waals surface area contributed by atoms with Gasteiger partial charge in [-0.05, 0) is 55.7 Å². The smallest absolute Gasteiger partial charge is 0.324 e. The summed E-state index contributed by atoms with van der Waals surface area (Å²) in [4.78, 5) is 33.2. The van der Waals surface area contributed by atoms with Crippen LogP contribution >= 0.6 is 11.8 Å². The third-order valence-corrected chi connectivity index (χ3v) is 7.12. The monoisotopic (exact) mass is 483 g/mol. The lowest BCUT2D eigenvalue weighted by molar-refractivity contribution is -0.144. The summed E-state index contributed by atoms with van der Waals surface area (Å²) in [5, 5.41) is 6.92. The Balaban J connectivity index is 1.27. The number of anilines is 3. The minimum absolute atomic E-state index is 0.338. The third-order valence-electron chi connectivity index (χ3n) is 6.02. The van der Waals surface area contributed by atoms with Gasteiger partial charge < -0.3 is 20.5 Å². The highest BCUT2D eigenvalue weighted by atomic mass is 32.2. The fourth-order valence-electron chi connectivity index (χ4n) is 4.17. The van der Waals surface area contributed by atoms with E-state index in [2.05, 4.69) is 42.6 Å². The SMILES string of the molecule is NOC(=O)CCCCCCSc1ccc(Nc2nc(NC3CCCCC3)c3[nH]cnc3n2)cc1. The molecular weight excluding hydrogens is 450 g/mol. The topological polar surface area (TPSA) is 131 Å². The first-order chi connectivity index (χ1) is 16.7. The zero-order valence-electron chi connectivity index (χ0n) is 19.4. The van der Waals surface area contributed by atoms with E-state index in [0.717, 1.165) is 48.5 Å². The molecule has 0 saturated heterocycles. The minimum Gasteiger partial charge on any atom is -0.373 e. The van der Waals surface area contributed by atoms with Crippen LogP contribution in [-0.4, -0.2) is 37.7 Å². The van der Waals surface area contributed by atoms with E-state index in [1.165, 1.54) is 37.0 Å². The first kappa shape index (κ1) is 24.3. The Morgan fingerprint density at radius 3 is 2.68 bits per heavy atom. The summed E-state index contributed by atoms with van der Waals surface area (Å²) in [6, 6.07) is 8.76. The van der Waals surface area contributed by atoms with E-state index in [-0.39, 0.29) is 5.97 Å². The Morgan fingerprint density at radius 2 is 1.88 bits per heavy atom. The van der Waals surface area contributed by atoms with Gasteiger partial charge in [0.2, 0.25) is 5.95 Å². The van der Waals surface area contributed by atoms with Crippen LogP contribution in [0.4, 0.5) is 17.5 Å². The van der Waals surface area contributed by atoms with Crippen LogP contribution in [0.3, 0.4) is 0 Å². The second-order valence-electron chi connectivity index (χ2n) is 8.63. The molecule has 5 N–H and O–H groups in total. The van der Waals surface area contributed by atoms with Crippen molar-refractivity contribution >= 4 is 46.3 Å². The van der Waals surface area contributed by atoms with Gasteiger partial charge in [0, 0.05) is 23.0 Å². The summed E-state index contributed by atoms with van der Waals surface area (Å²) in [5.74, 6) is 6.89. The third kappa shape index (κ3) is 7.07. The van der Waals surface area contributed by atoms with Gasteiger partial charge in [-0.25, -0.2) is 4.98 Å². The van der Waals surface area contributed by atoms with Gasteiger partial charge in [0.25, 0.3) is 0 Å². The van der Waals surface area contributed by atoms with Crippen molar-refractivity contribution in [1.82, 2.24) is 19.9 Å². The average molecular weight is 484 g/mol. The van der Waals surface area contributed by atoms with Gasteiger partial charge in [0.15, 0.2) is 11.5 Å². The average Bonchev–Trinajstić information content (AvgIpc) is 3.34. The van der Waals surface area contributed by atoms with E-state index in [1.54, 1.807) is 6.33 Å². The number of rotatable bonds is 12. The van der Waals surface area contributed by atoms with Crippen molar-refractivity contribution in [2.45, 2.75) is 75.1 Å². The van der Waals surface area contributed by atoms with Gasteiger partial charge in [-0.2, -0.15) is 15.9 Å². The molecule has 0 unspecified atom stereocenters. The highest BCUT2D eigenvalue weighted by molar-refractivity contribution is 7.99. The molecule has 1 aliphatic rings. The van der Waals surface area contributed by atoms with E-state index in [1.807, 2.05) is 23.9 Å². The van der Waals surface area contributed by atoms with Crippen LogP contribution in [0.1, 0.15) is 64.2 Å². The van der Waals surface area contributed by atoms with Crippen molar-refractivity contribution in [2.75, 3.05) is 16.4 Å². The summed E-state index contributed by atoms with van der Waals surface area (Å²) in [7, 11) is 0. The molecule has 0 atom stereocenters. The van der Waals surface area contributed by atoms with Crippen LogP contribution in [0.2, 0.25) is 0 Å². The fraction of sp³-hybridized carbons (Fsp3) is 0.500. The maximum atomic E-state index is 11.0. The molecule has 0 aliphatic heterocycles. The quantitative estimate of drug-likeness (QED) is 0.154. The minimum atomic E-state index is -0.338. The molecule has 34 heavy (non-hydrogen) atoms. The molecule has 1 saturated carbocycles. The number of H-pyrrole nitrogens is 1. The molecule has 9 nitrogen and oxygen atoms in total. The highest BCUT2D eigenvalue weighted by Crippen LogP contribution is 2.27. The van der Waals surface area contributed by atoms with E-state index < -0.39 is 0 Å². The van der Waals surface area contributed by atoms with Crippen LogP contribution in [0, 0.1) is 0 Å². The van der Waals surface area contributed by atoms with Crippen LogP contribution < -0.4 is 16.5 Å². The van der Waals surface area contributed by atoms with Crippen LogP contribution in [0.5, 0.6) is 0 Å². The van der Waals surface area contributed by atoms with Crippen LogP contribution in [-0.2, 0) is 9.63 Å². The number of fused-ring (bicyclic) bond motifs is 1. The first-order valence-corrected chi connectivity index (χ1v) is 13.1. The van der Waals surface area contributed by atoms with E-state index in [9.17, 15) is 4.79 Å². The molecule has 4 rings (SSSR count). The van der Waals surface area contributed by atoms with Gasteiger partial charge >= 0.3 is 5.97 Å². The lowest BCUT2D eigenvalue weighted by Gasteiger charge is -2.23. The number of imidazole rings is 1. The molecule has 1 fully saturated rings. The Morgan fingerprint density at radius 1 is 1.09 bits per heavy atom. The summed E-state index contributed by atoms with van der Waals surface area (Å²) < 4.78 is 0. The van der Waals surface area contributed by atoms with E-state index >= 15 is 0 Å². The van der Waals surface area contributed by atoms with Crippen molar-refractivity contribution < 1.29 is 9.63 Å².